The normalized spacial score (nSPS) is 18.6. The molecule has 0 heterocycles. The van der Waals surface area contributed by atoms with Gasteiger partial charge in [0, 0.05) is 6.54 Å². The third-order valence-corrected chi connectivity index (χ3v) is 4.65. The molecule has 0 aliphatic heterocycles. The fraction of sp³-hybridized carbons (Fsp3) is 0.533. The van der Waals surface area contributed by atoms with Crippen molar-refractivity contribution in [3.8, 4) is 0 Å². The van der Waals surface area contributed by atoms with E-state index in [4.69, 9.17) is 17.3 Å². The average Bonchev–Trinajstić information content (AvgIpc) is 3.26. The Kier molecular flexibility index (Phi) is 3.40. The molecule has 0 spiro atoms. The van der Waals surface area contributed by atoms with Gasteiger partial charge in [0.25, 0.3) is 5.91 Å². The van der Waals surface area contributed by atoms with E-state index in [0.717, 1.165) is 18.4 Å². The third kappa shape index (κ3) is 2.86. The van der Waals surface area contributed by atoms with Gasteiger partial charge in [0.2, 0.25) is 0 Å². The van der Waals surface area contributed by atoms with Crippen molar-refractivity contribution in [2.24, 2.45) is 17.8 Å². The number of carbonyl (C=O) groups is 1. The molecular formula is C15H19ClN2O. The summed E-state index contributed by atoms with van der Waals surface area (Å²) in [6.07, 6.45) is 5.32. The van der Waals surface area contributed by atoms with Crippen molar-refractivity contribution in [2.75, 3.05) is 12.3 Å². The van der Waals surface area contributed by atoms with Gasteiger partial charge in [0.15, 0.2) is 0 Å². The third-order valence-electron chi connectivity index (χ3n) is 4.23. The number of hydrogen-bond acceptors (Lipinski definition) is 2. The first kappa shape index (κ1) is 12.8. The second kappa shape index (κ2) is 5.04. The Morgan fingerprint density at radius 1 is 1.32 bits per heavy atom. The number of hydrogen-bond donors (Lipinski definition) is 2. The van der Waals surface area contributed by atoms with Gasteiger partial charge in [-0.25, -0.2) is 0 Å². The van der Waals surface area contributed by atoms with Crippen molar-refractivity contribution < 1.29 is 4.79 Å². The zero-order valence-corrected chi connectivity index (χ0v) is 11.6. The number of nitrogens with one attached hydrogen (secondary N) is 1. The Bertz CT molecular complexity index is 483. The molecule has 0 bridgehead atoms. The van der Waals surface area contributed by atoms with Crippen molar-refractivity contribution in [3.63, 3.8) is 0 Å². The van der Waals surface area contributed by atoms with Crippen LogP contribution in [-0.4, -0.2) is 12.5 Å². The van der Waals surface area contributed by atoms with Crippen LogP contribution in [0.3, 0.4) is 0 Å². The van der Waals surface area contributed by atoms with E-state index in [2.05, 4.69) is 5.32 Å². The van der Waals surface area contributed by atoms with Gasteiger partial charge in [-0.15, -0.1) is 0 Å². The zero-order valence-electron chi connectivity index (χ0n) is 10.9. The number of carbonyl (C=O) groups excluding carboxylic acids is 1. The van der Waals surface area contributed by atoms with Crippen molar-refractivity contribution in [3.05, 3.63) is 28.8 Å². The van der Waals surface area contributed by atoms with Crippen molar-refractivity contribution >= 4 is 23.2 Å². The monoisotopic (exact) mass is 278 g/mol. The second-order valence-corrected chi connectivity index (χ2v) is 6.14. The van der Waals surface area contributed by atoms with Crippen LogP contribution in [0.4, 0.5) is 5.69 Å². The molecule has 2 aliphatic rings. The van der Waals surface area contributed by atoms with Crippen LogP contribution in [-0.2, 0) is 0 Å². The molecule has 2 fully saturated rings. The standard InChI is InChI=1S/C15H19ClN2O/c16-14-11(2-1-3-13(14)17)15(19)18-8-12(9-4-5-9)10-6-7-10/h1-3,9-10,12H,4-8,17H2,(H,18,19). The molecule has 0 atom stereocenters. The largest absolute Gasteiger partial charge is 0.398 e. The molecule has 1 aromatic rings. The van der Waals surface area contributed by atoms with Gasteiger partial charge in [-0.1, -0.05) is 17.7 Å². The maximum Gasteiger partial charge on any atom is 0.252 e. The summed E-state index contributed by atoms with van der Waals surface area (Å²) in [6.45, 7) is 0.777. The summed E-state index contributed by atoms with van der Waals surface area (Å²) in [5, 5.41) is 3.39. The highest BCUT2D eigenvalue weighted by molar-refractivity contribution is 6.36. The van der Waals surface area contributed by atoms with Crippen LogP contribution in [0.2, 0.25) is 5.02 Å². The molecule has 0 saturated heterocycles. The molecule has 0 unspecified atom stereocenters. The Balaban J connectivity index is 1.62. The minimum atomic E-state index is -0.108. The van der Waals surface area contributed by atoms with Gasteiger partial charge < -0.3 is 11.1 Å². The minimum absolute atomic E-state index is 0.108. The highest BCUT2D eigenvalue weighted by Gasteiger charge is 2.41. The van der Waals surface area contributed by atoms with Gasteiger partial charge in [-0.2, -0.15) is 0 Å². The number of nitrogen functional groups attached to an aromatic ring is 1. The van der Waals surface area contributed by atoms with E-state index in [1.54, 1.807) is 18.2 Å². The minimum Gasteiger partial charge on any atom is -0.398 e. The molecule has 0 aromatic heterocycles. The molecule has 102 valence electrons. The fourth-order valence-electron chi connectivity index (χ4n) is 2.80. The summed E-state index contributed by atoms with van der Waals surface area (Å²) >= 11 is 6.07. The van der Waals surface area contributed by atoms with Crippen molar-refractivity contribution in [1.82, 2.24) is 5.32 Å². The summed E-state index contributed by atoms with van der Waals surface area (Å²) < 4.78 is 0. The summed E-state index contributed by atoms with van der Waals surface area (Å²) in [6, 6.07) is 5.18. The molecular weight excluding hydrogens is 260 g/mol. The first-order chi connectivity index (χ1) is 9.16. The molecule has 1 amide bonds. The first-order valence-electron chi connectivity index (χ1n) is 6.99. The number of nitrogens with two attached hydrogens (primary N) is 1. The van der Waals surface area contributed by atoms with Crippen LogP contribution in [0.1, 0.15) is 36.0 Å². The number of anilines is 1. The van der Waals surface area contributed by atoms with E-state index in [9.17, 15) is 4.79 Å². The average molecular weight is 279 g/mol. The van der Waals surface area contributed by atoms with Gasteiger partial charge in [0.1, 0.15) is 0 Å². The molecule has 2 aliphatic carbocycles. The first-order valence-corrected chi connectivity index (χ1v) is 7.37. The van der Waals surface area contributed by atoms with E-state index in [1.165, 1.54) is 25.7 Å². The topological polar surface area (TPSA) is 55.1 Å². The van der Waals surface area contributed by atoms with E-state index in [1.807, 2.05) is 0 Å². The van der Waals surface area contributed by atoms with Gasteiger partial charge in [-0.05, 0) is 55.6 Å². The molecule has 3 nitrogen and oxygen atoms in total. The quantitative estimate of drug-likeness (QED) is 0.813. The Hall–Kier alpha value is -1.22. The van der Waals surface area contributed by atoms with Crippen LogP contribution in [0.25, 0.3) is 0 Å². The molecule has 2 saturated carbocycles. The van der Waals surface area contributed by atoms with Crippen molar-refractivity contribution in [1.29, 1.82) is 0 Å². The van der Waals surface area contributed by atoms with E-state index >= 15 is 0 Å². The van der Waals surface area contributed by atoms with E-state index < -0.39 is 0 Å². The molecule has 4 heteroatoms. The number of benzene rings is 1. The molecule has 1 aromatic carbocycles. The van der Waals surface area contributed by atoms with Crippen LogP contribution in [0.15, 0.2) is 18.2 Å². The Morgan fingerprint density at radius 3 is 2.53 bits per heavy atom. The zero-order chi connectivity index (χ0) is 13.4. The van der Waals surface area contributed by atoms with Crippen LogP contribution < -0.4 is 11.1 Å². The summed E-state index contributed by atoms with van der Waals surface area (Å²) in [5.41, 5.74) is 6.65. The molecule has 0 radical (unpaired) electrons. The van der Waals surface area contributed by atoms with E-state index in [-0.39, 0.29) is 5.91 Å². The lowest BCUT2D eigenvalue weighted by Gasteiger charge is -2.16. The highest BCUT2D eigenvalue weighted by atomic mass is 35.5. The molecule has 3 N–H and O–H groups in total. The lowest BCUT2D eigenvalue weighted by Crippen LogP contribution is -2.31. The lowest BCUT2D eigenvalue weighted by molar-refractivity contribution is 0.0943. The van der Waals surface area contributed by atoms with Gasteiger partial charge >= 0.3 is 0 Å². The van der Waals surface area contributed by atoms with Gasteiger partial charge in [-0.3, -0.25) is 4.79 Å². The van der Waals surface area contributed by atoms with Gasteiger partial charge in [0.05, 0.1) is 16.3 Å². The maximum absolute atomic E-state index is 12.2. The maximum atomic E-state index is 12.2. The van der Waals surface area contributed by atoms with Crippen LogP contribution in [0.5, 0.6) is 0 Å². The SMILES string of the molecule is Nc1cccc(C(=O)NCC(C2CC2)C2CC2)c1Cl. The second-order valence-electron chi connectivity index (χ2n) is 5.76. The number of halogens is 1. The number of amides is 1. The lowest BCUT2D eigenvalue weighted by atomic mass is 9.98. The molecule has 19 heavy (non-hydrogen) atoms. The highest BCUT2D eigenvalue weighted by Crippen LogP contribution is 2.48. The van der Waals surface area contributed by atoms with Crippen LogP contribution in [0, 0.1) is 17.8 Å². The number of rotatable bonds is 5. The summed E-state index contributed by atoms with van der Waals surface area (Å²) in [5.74, 6) is 2.24. The summed E-state index contributed by atoms with van der Waals surface area (Å²) in [7, 11) is 0. The predicted molar refractivity (Wildman–Crippen MR) is 77.1 cm³/mol. The van der Waals surface area contributed by atoms with Crippen LogP contribution >= 0.6 is 11.6 Å². The Labute approximate surface area is 118 Å². The Morgan fingerprint density at radius 2 is 1.95 bits per heavy atom. The predicted octanol–water partition coefficient (Wildman–Crippen LogP) is 3.09. The van der Waals surface area contributed by atoms with E-state index in [0.29, 0.717) is 22.2 Å². The molecule has 3 rings (SSSR count). The van der Waals surface area contributed by atoms with Crippen molar-refractivity contribution in [2.45, 2.75) is 25.7 Å². The smallest absolute Gasteiger partial charge is 0.252 e. The fourth-order valence-corrected chi connectivity index (χ4v) is 3.01. The summed E-state index contributed by atoms with van der Waals surface area (Å²) in [4.78, 5) is 12.2.